The molecule has 0 radical (unpaired) electrons. The molecule has 0 aromatic carbocycles. The Labute approximate surface area is 44.1 Å². The van der Waals surface area contributed by atoms with Crippen LogP contribution in [0.5, 0.6) is 0 Å². The van der Waals surface area contributed by atoms with E-state index in [1.54, 1.807) is 0 Å². The van der Waals surface area contributed by atoms with Gasteiger partial charge in [0, 0.05) is 0 Å². The molecule has 0 aliphatic rings. The van der Waals surface area contributed by atoms with Gasteiger partial charge in [0.05, 0.1) is 0 Å². The molecule has 0 rings (SSSR count). The minimum atomic E-state index is -2.11. The first kappa shape index (κ1) is 6.24. The lowest BCUT2D eigenvalue weighted by Crippen LogP contribution is -1.95. The van der Waals surface area contributed by atoms with Crippen LogP contribution in [0.2, 0.25) is 0 Å². The number of rotatable bonds is 1. The summed E-state index contributed by atoms with van der Waals surface area (Å²) in [5, 5.41) is -1.31. The zero-order chi connectivity index (χ0) is 5.15. The molecule has 0 spiro atoms. The second-order valence-corrected chi connectivity index (χ2v) is 1.38. The third-order valence-electron chi connectivity index (χ3n) is 0.172. The van der Waals surface area contributed by atoms with Crippen LogP contribution in [0, 0.1) is 0 Å². The van der Waals surface area contributed by atoms with Crippen molar-refractivity contribution >= 4 is 28.9 Å². The second kappa shape index (κ2) is 2.42. The molecule has 0 aliphatic carbocycles. The van der Waals surface area contributed by atoms with Gasteiger partial charge < -0.3 is 0 Å². The molecule has 0 aliphatic heterocycles. The smallest absolute Gasteiger partial charge is 0.221 e. The lowest BCUT2D eigenvalue weighted by Gasteiger charge is -1.83. The van der Waals surface area contributed by atoms with Gasteiger partial charge >= 0.3 is 0 Å². The van der Waals surface area contributed by atoms with Gasteiger partial charge in [-0.05, 0) is 12.2 Å². The van der Waals surface area contributed by atoms with Crippen LogP contribution in [0.3, 0.4) is 0 Å². The molecule has 1 unspecified atom stereocenters. The Morgan fingerprint density at radius 3 is 2.00 bits per heavy atom. The quantitative estimate of drug-likeness (QED) is 0.296. The number of halogens is 3. The van der Waals surface area contributed by atoms with Gasteiger partial charge in [-0.1, -0.05) is 11.6 Å². The number of hydrogen-bond acceptors (Lipinski definition) is 1. The molecule has 36 valence electrons. The van der Waals surface area contributed by atoms with E-state index in [4.69, 9.17) is 0 Å². The molecule has 6 heavy (non-hydrogen) atoms. The highest BCUT2D eigenvalue weighted by Crippen LogP contribution is 1.99. The maximum absolute atomic E-state index is 11.1. The van der Waals surface area contributed by atoms with Crippen LogP contribution in [0.25, 0.3) is 0 Å². The van der Waals surface area contributed by atoms with Crippen molar-refractivity contribution in [2.24, 2.45) is 0 Å². The molecule has 4 heteroatoms. The zero-order valence-electron chi connectivity index (χ0n) is 2.62. The Balaban J connectivity index is 3.26. The van der Waals surface area contributed by atoms with E-state index in [0.717, 1.165) is 0 Å². The van der Waals surface area contributed by atoms with Gasteiger partial charge in [-0.25, -0.2) is 4.39 Å². The van der Waals surface area contributed by atoms with Crippen molar-refractivity contribution in [1.29, 1.82) is 0 Å². The average molecular weight is 131 g/mol. The fourth-order valence-corrected chi connectivity index (χ4v) is 0. The predicted octanol–water partition coefficient (Wildman–Crippen LogP) is 1.82. The van der Waals surface area contributed by atoms with Crippen LogP contribution in [0.1, 0.15) is 0 Å². The monoisotopic (exact) mass is 130 g/mol. The summed E-state index contributed by atoms with van der Waals surface area (Å²) >= 11 is 8.08. The largest absolute Gasteiger partial charge is 0.234 e. The second-order valence-electron chi connectivity index (χ2n) is 0.605. The standard InChI is InChI=1S/C2HClF2S/c3-1(4)2(5)6/h1H. The van der Waals surface area contributed by atoms with Crippen molar-refractivity contribution < 1.29 is 8.78 Å². The summed E-state index contributed by atoms with van der Waals surface area (Å²) in [5.41, 5.74) is -2.11. The summed E-state index contributed by atoms with van der Waals surface area (Å²) in [6, 6.07) is 0. The van der Waals surface area contributed by atoms with Crippen LogP contribution in [0.4, 0.5) is 8.78 Å². The summed E-state index contributed by atoms with van der Waals surface area (Å²) in [6.45, 7) is 0. The molecule has 0 saturated heterocycles. The maximum atomic E-state index is 11.1. The normalized spacial score (nSPS) is 13.8. The van der Waals surface area contributed by atoms with E-state index in [9.17, 15) is 8.78 Å². The van der Waals surface area contributed by atoms with Gasteiger partial charge in [-0.15, -0.1) is 0 Å². The summed E-state index contributed by atoms with van der Waals surface area (Å²) in [5.74, 6) is 0. The summed E-state index contributed by atoms with van der Waals surface area (Å²) in [6.07, 6.45) is 0. The lowest BCUT2D eigenvalue weighted by molar-refractivity contribution is 0.510. The van der Waals surface area contributed by atoms with Crippen molar-refractivity contribution in [2.45, 2.75) is 5.63 Å². The highest BCUT2D eigenvalue weighted by molar-refractivity contribution is 7.80. The van der Waals surface area contributed by atoms with Crippen LogP contribution in [-0.4, -0.2) is 10.7 Å². The van der Waals surface area contributed by atoms with Crippen molar-refractivity contribution in [3.63, 3.8) is 0 Å². The van der Waals surface area contributed by atoms with Crippen LogP contribution in [-0.2, 0) is 0 Å². The molecule has 0 aromatic rings. The van der Waals surface area contributed by atoms with Gasteiger partial charge in [0.25, 0.3) is 0 Å². The Hall–Kier alpha value is 0.240. The molecular formula is C2HClF2S. The van der Waals surface area contributed by atoms with E-state index in [1.807, 2.05) is 0 Å². The van der Waals surface area contributed by atoms with E-state index >= 15 is 0 Å². The zero-order valence-corrected chi connectivity index (χ0v) is 4.19. The third kappa shape index (κ3) is 2.48. The first-order valence-corrected chi connectivity index (χ1v) is 1.96. The highest BCUT2D eigenvalue weighted by Gasteiger charge is 2.04. The molecule has 0 fully saturated rings. The summed E-state index contributed by atoms with van der Waals surface area (Å²) in [4.78, 5) is 0. The first-order chi connectivity index (χ1) is 2.64. The van der Waals surface area contributed by atoms with Crippen molar-refractivity contribution in [3.05, 3.63) is 0 Å². The van der Waals surface area contributed by atoms with Gasteiger partial charge in [0.1, 0.15) is 0 Å². The highest BCUT2D eigenvalue weighted by atomic mass is 35.5. The van der Waals surface area contributed by atoms with Gasteiger partial charge in [-0.3, -0.25) is 0 Å². The number of alkyl halides is 2. The molecule has 0 N–H and O–H groups in total. The summed E-state index contributed by atoms with van der Waals surface area (Å²) in [7, 11) is 0. The Morgan fingerprint density at radius 2 is 2.00 bits per heavy atom. The van der Waals surface area contributed by atoms with Crippen LogP contribution >= 0.6 is 23.8 Å². The summed E-state index contributed by atoms with van der Waals surface area (Å²) < 4.78 is 22.1. The molecule has 0 saturated carbocycles. The SMILES string of the molecule is FC(=S)C(F)Cl. The van der Waals surface area contributed by atoms with E-state index in [1.165, 1.54) is 0 Å². The van der Waals surface area contributed by atoms with E-state index in [2.05, 4.69) is 23.8 Å². The maximum Gasteiger partial charge on any atom is 0.234 e. The minimum Gasteiger partial charge on any atom is -0.221 e. The molecular weight excluding hydrogens is 130 g/mol. The van der Waals surface area contributed by atoms with Crippen molar-refractivity contribution in [3.8, 4) is 0 Å². The minimum absolute atomic E-state index is 1.31. The number of thiocarbonyl (C=S) groups is 1. The third-order valence-corrected chi connectivity index (χ3v) is 0.699. The topological polar surface area (TPSA) is 0 Å². The van der Waals surface area contributed by atoms with Gasteiger partial charge in [-0.2, -0.15) is 4.39 Å². The van der Waals surface area contributed by atoms with E-state index in [0.29, 0.717) is 0 Å². The molecule has 0 aromatic heterocycles. The van der Waals surface area contributed by atoms with E-state index < -0.39 is 10.7 Å². The Kier molecular flexibility index (Phi) is 2.52. The van der Waals surface area contributed by atoms with E-state index in [-0.39, 0.29) is 0 Å². The lowest BCUT2D eigenvalue weighted by atomic mass is 10.9. The Morgan fingerprint density at radius 1 is 1.83 bits per heavy atom. The predicted molar refractivity (Wildman–Crippen MR) is 24.5 cm³/mol. The molecule has 0 nitrogen and oxygen atoms in total. The fraction of sp³-hybridized carbons (Fsp3) is 0.500. The van der Waals surface area contributed by atoms with Crippen LogP contribution < -0.4 is 0 Å². The van der Waals surface area contributed by atoms with Gasteiger partial charge in [0.2, 0.25) is 10.7 Å². The molecule has 0 bridgehead atoms. The average Bonchev–Trinajstić information content (AvgIpc) is 1.36. The first-order valence-electron chi connectivity index (χ1n) is 1.12. The Bertz CT molecular complexity index is 62.6. The van der Waals surface area contributed by atoms with Crippen molar-refractivity contribution in [1.82, 2.24) is 0 Å². The fourth-order valence-electron chi connectivity index (χ4n) is 0. The molecule has 0 amide bonds. The molecule has 1 atom stereocenters. The molecule has 0 heterocycles. The van der Waals surface area contributed by atoms with Crippen LogP contribution in [0.15, 0.2) is 0 Å². The van der Waals surface area contributed by atoms with Gasteiger partial charge in [0.15, 0.2) is 0 Å². The number of hydrogen-bond donors (Lipinski definition) is 0. The van der Waals surface area contributed by atoms with Crippen molar-refractivity contribution in [2.75, 3.05) is 0 Å².